The number of piperidine rings is 1. The highest BCUT2D eigenvalue weighted by molar-refractivity contribution is 7.13. The van der Waals surface area contributed by atoms with Crippen molar-refractivity contribution in [2.24, 2.45) is 5.92 Å². The second kappa shape index (κ2) is 4.42. The van der Waals surface area contributed by atoms with Crippen LogP contribution in [0.3, 0.4) is 0 Å². The van der Waals surface area contributed by atoms with Gasteiger partial charge in [-0.2, -0.15) is 0 Å². The van der Waals surface area contributed by atoms with Crippen LogP contribution in [0.15, 0.2) is 12.1 Å². The van der Waals surface area contributed by atoms with Crippen molar-refractivity contribution in [3.05, 3.63) is 21.9 Å². The van der Waals surface area contributed by atoms with E-state index in [-0.39, 0.29) is 5.91 Å². The average molecular weight is 250 g/mol. The number of hydrogen-bond donors (Lipinski definition) is 1. The summed E-state index contributed by atoms with van der Waals surface area (Å²) in [5.74, 6) is 0.912. The standard InChI is InChI=1S/C13H18N2OS/c1-9-2-3-12(17-9)13(16)14-11-6-10-4-5-15(7-10)8-11/h2-3,10-11H,4-8H2,1H3,(H,14,16). The van der Waals surface area contributed by atoms with Crippen molar-refractivity contribution in [1.29, 1.82) is 0 Å². The zero-order chi connectivity index (χ0) is 11.8. The molecule has 2 saturated heterocycles. The number of nitrogens with zero attached hydrogens (tertiary/aromatic N) is 1. The van der Waals surface area contributed by atoms with Gasteiger partial charge in [0.15, 0.2) is 0 Å². The predicted molar refractivity (Wildman–Crippen MR) is 69.5 cm³/mol. The minimum Gasteiger partial charge on any atom is -0.347 e. The van der Waals surface area contributed by atoms with Gasteiger partial charge in [0.05, 0.1) is 4.88 Å². The van der Waals surface area contributed by atoms with Gasteiger partial charge in [-0.15, -0.1) is 11.3 Å². The zero-order valence-electron chi connectivity index (χ0n) is 10.1. The number of fused-ring (bicyclic) bond motifs is 2. The number of amides is 1. The first kappa shape index (κ1) is 11.2. The average Bonchev–Trinajstić information content (AvgIpc) is 2.85. The summed E-state index contributed by atoms with van der Waals surface area (Å²) in [4.78, 5) is 16.6. The summed E-state index contributed by atoms with van der Waals surface area (Å²) < 4.78 is 0. The number of thiophene rings is 1. The maximum atomic E-state index is 12.0. The highest BCUT2D eigenvalue weighted by Gasteiger charge is 2.33. The summed E-state index contributed by atoms with van der Waals surface area (Å²) in [7, 11) is 0. The van der Waals surface area contributed by atoms with Gasteiger partial charge < -0.3 is 10.2 Å². The molecule has 0 aliphatic carbocycles. The van der Waals surface area contributed by atoms with E-state index in [0.29, 0.717) is 6.04 Å². The van der Waals surface area contributed by atoms with Crippen molar-refractivity contribution < 1.29 is 4.79 Å². The van der Waals surface area contributed by atoms with Crippen LogP contribution >= 0.6 is 11.3 Å². The van der Waals surface area contributed by atoms with Crippen LogP contribution in [0.25, 0.3) is 0 Å². The molecule has 2 bridgehead atoms. The lowest BCUT2D eigenvalue weighted by molar-refractivity contribution is 0.0913. The molecule has 3 unspecified atom stereocenters. The van der Waals surface area contributed by atoms with E-state index < -0.39 is 0 Å². The monoisotopic (exact) mass is 250 g/mol. The van der Waals surface area contributed by atoms with E-state index in [0.717, 1.165) is 23.8 Å². The molecule has 0 aromatic carbocycles. The largest absolute Gasteiger partial charge is 0.347 e. The first-order valence-corrected chi connectivity index (χ1v) is 7.12. The van der Waals surface area contributed by atoms with E-state index in [1.54, 1.807) is 11.3 Å². The van der Waals surface area contributed by atoms with E-state index in [4.69, 9.17) is 0 Å². The lowest BCUT2D eigenvalue weighted by atomic mass is 9.97. The van der Waals surface area contributed by atoms with Gasteiger partial charge in [-0.1, -0.05) is 0 Å². The summed E-state index contributed by atoms with van der Waals surface area (Å²) >= 11 is 1.58. The second-order valence-corrected chi connectivity index (χ2v) is 6.52. The van der Waals surface area contributed by atoms with Gasteiger partial charge in [-0.3, -0.25) is 4.79 Å². The molecule has 2 aliphatic heterocycles. The molecule has 1 aromatic rings. The van der Waals surface area contributed by atoms with Gasteiger partial charge in [-0.25, -0.2) is 0 Å². The van der Waals surface area contributed by atoms with E-state index in [1.165, 1.54) is 24.4 Å². The summed E-state index contributed by atoms with van der Waals surface area (Å²) in [6.07, 6.45) is 2.47. The smallest absolute Gasteiger partial charge is 0.261 e. The number of aryl methyl sites for hydroxylation is 1. The van der Waals surface area contributed by atoms with Crippen LogP contribution in [0.2, 0.25) is 0 Å². The fourth-order valence-corrected chi connectivity index (χ4v) is 3.75. The van der Waals surface area contributed by atoms with E-state index in [9.17, 15) is 4.79 Å². The maximum Gasteiger partial charge on any atom is 0.261 e. The Morgan fingerprint density at radius 1 is 1.47 bits per heavy atom. The highest BCUT2D eigenvalue weighted by atomic mass is 32.1. The van der Waals surface area contributed by atoms with Crippen LogP contribution in [0.4, 0.5) is 0 Å². The van der Waals surface area contributed by atoms with Crippen molar-refractivity contribution >= 4 is 17.2 Å². The minimum absolute atomic E-state index is 0.107. The van der Waals surface area contributed by atoms with Crippen LogP contribution < -0.4 is 5.32 Å². The van der Waals surface area contributed by atoms with Crippen molar-refractivity contribution in [2.75, 3.05) is 19.6 Å². The Labute approximate surface area is 106 Å². The van der Waals surface area contributed by atoms with Gasteiger partial charge in [0.2, 0.25) is 0 Å². The third kappa shape index (κ3) is 2.38. The Morgan fingerprint density at radius 3 is 3.06 bits per heavy atom. The Hall–Kier alpha value is -0.870. The SMILES string of the molecule is Cc1ccc(C(=O)NC2CC3CCN(C3)C2)s1. The number of hydrogen-bond acceptors (Lipinski definition) is 3. The summed E-state index contributed by atoms with van der Waals surface area (Å²) in [6, 6.07) is 4.28. The topological polar surface area (TPSA) is 32.3 Å². The number of nitrogens with one attached hydrogen (secondary N) is 1. The van der Waals surface area contributed by atoms with Gasteiger partial charge in [0.25, 0.3) is 5.91 Å². The number of carbonyl (C=O) groups is 1. The quantitative estimate of drug-likeness (QED) is 0.869. The molecule has 0 radical (unpaired) electrons. The lowest BCUT2D eigenvalue weighted by Gasteiger charge is -2.30. The van der Waals surface area contributed by atoms with Gasteiger partial charge in [0, 0.05) is 24.0 Å². The van der Waals surface area contributed by atoms with Crippen LogP contribution in [-0.2, 0) is 0 Å². The molecule has 2 aliphatic rings. The van der Waals surface area contributed by atoms with Crippen LogP contribution in [0, 0.1) is 12.8 Å². The van der Waals surface area contributed by atoms with E-state index in [2.05, 4.69) is 10.2 Å². The van der Waals surface area contributed by atoms with Gasteiger partial charge in [-0.05, 0) is 44.4 Å². The van der Waals surface area contributed by atoms with E-state index >= 15 is 0 Å². The molecule has 3 nitrogen and oxygen atoms in total. The Kier molecular flexibility index (Phi) is 2.92. The molecule has 1 aromatic heterocycles. The molecule has 17 heavy (non-hydrogen) atoms. The fraction of sp³-hybridized carbons (Fsp3) is 0.615. The molecular weight excluding hydrogens is 232 g/mol. The van der Waals surface area contributed by atoms with Crippen LogP contribution in [0.5, 0.6) is 0 Å². The van der Waals surface area contributed by atoms with Gasteiger partial charge in [0.1, 0.15) is 0 Å². The molecule has 0 saturated carbocycles. The third-order valence-corrected chi connectivity index (χ3v) is 4.77. The lowest BCUT2D eigenvalue weighted by Crippen LogP contribution is -2.46. The number of rotatable bonds is 2. The Morgan fingerprint density at radius 2 is 2.35 bits per heavy atom. The molecular formula is C13H18N2OS. The Bertz CT molecular complexity index is 417. The molecule has 2 fully saturated rings. The van der Waals surface area contributed by atoms with Crippen molar-refractivity contribution in [2.45, 2.75) is 25.8 Å². The fourth-order valence-electron chi connectivity index (χ4n) is 2.98. The molecule has 0 spiro atoms. The second-order valence-electron chi connectivity index (χ2n) is 5.23. The first-order valence-electron chi connectivity index (χ1n) is 6.30. The van der Waals surface area contributed by atoms with E-state index in [1.807, 2.05) is 19.1 Å². The maximum absolute atomic E-state index is 12.0. The zero-order valence-corrected chi connectivity index (χ0v) is 10.9. The molecule has 3 rings (SSSR count). The molecule has 4 heteroatoms. The molecule has 92 valence electrons. The van der Waals surface area contributed by atoms with Crippen molar-refractivity contribution in [3.8, 4) is 0 Å². The summed E-state index contributed by atoms with van der Waals surface area (Å²) in [5.41, 5.74) is 0. The minimum atomic E-state index is 0.107. The molecule has 1 N–H and O–H groups in total. The van der Waals surface area contributed by atoms with Gasteiger partial charge >= 0.3 is 0 Å². The predicted octanol–water partition coefficient (Wildman–Crippen LogP) is 1.88. The van der Waals surface area contributed by atoms with Crippen LogP contribution in [-0.4, -0.2) is 36.5 Å². The normalized spacial score (nSPS) is 31.5. The van der Waals surface area contributed by atoms with Crippen LogP contribution in [0.1, 0.15) is 27.4 Å². The molecule has 3 atom stereocenters. The summed E-state index contributed by atoms with van der Waals surface area (Å²) in [6.45, 7) is 5.53. The molecule has 3 heterocycles. The highest BCUT2D eigenvalue weighted by Crippen LogP contribution is 2.27. The third-order valence-electron chi connectivity index (χ3n) is 3.77. The molecule has 1 amide bonds. The van der Waals surface area contributed by atoms with Crippen molar-refractivity contribution in [1.82, 2.24) is 10.2 Å². The van der Waals surface area contributed by atoms with Crippen molar-refractivity contribution in [3.63, 3.8) is 0 Å². The summed E-state index contributed by atoms with van der Waals surface area (Å²) in [5, 5.41) is 3.18. The number of carbonyl (C=O) groups excluding carboxylic acids is 1. The Balaban J connectivity index is 1.62. The first-order chi connectivity index (χ1) is 8.20.